The van der Waals surface area contributed by atoms with Crippen LogP contribution in [0.25, 0.3) is 11.1 Å². The third-order valence-electron chi connectivity index (χ3n) is 3.92. The van der Waals surface area contributed by atoms with Crippen LogP contribution in [0, 0.1) is 0 Å². The van der Waals surface area contributed by atoms with Crippen molar-refractivity contribution in [1.29, 1.82) is 0 Å². The summed E-state index contributed by atoms with van der Waals surface area (Å²) in [5.74, 6) is 0.670. The molecule has 0 radical (unpaired) electrons. The summed E-state index contributed by atoms with van der Waals surface area (Å²) in [6.45, 7) is 2.24. The summed E-state index contributed by atoms with van der Waals surface area (Å²) in [5, 5.41) is 0. The van der Waals surface area contributed by atoms with E-state index >= 15 is 0 Å². The second kappa shape index (κ2) is 6.53. The van der Waals surface area contributed by atoms with E-state index in [1.807, 2.05) is 31.2 Å². The summed E-state index contributed by atoms with van der Waals surface area (Å²) in [6.07, 6.45) is 0.357. The summed E-state index contributed by atoms with van der Waals surface area (Å²) in [7, 11) is 0. The van der Waals surface area contributed by atoms with Gasteiger partial charge in [0.25, 0.3) is 0 Å². The number of hydrogen-bond donors (Lipinski definition) is 0. The van der Waals surface area contributed by atoms with E-state index in [9.17, 15) is 4.79 Å². The smallest absolute Gasteiger partial charge is 0.306 e. The van der Waals surface area contributed by atoms with E-state index in [0.29, 0.717) is 18.5 Å². The molecule has 0 N–H and O–H groups in total. The third kappa shape index (κ3) is 2.75. The Labute approximate surface area is 138 Å². The zero-order valence-electron chi connectivity index (χ0n) is 12.3. The van der Waals surface area contributed by atoms with Crippen LogP contribution in [0.3, 0.4) is 0 Å². The maximum absolute atomic E-state index is 12.0. The number of halogens is 1. The van der Waals surface area contributed by atoms with Crippen molar-refractivity contribution in [2.75, 3.05) is 12.1 Å². The van der Waals surface area contributed by atoms with Crippen molar-refractivity contribution >= 4 is 21.9 Å². The van der Waals surface area contributed by atoms with E-state index in [-0.39, 0.29) is 11.9 Å². The first kappa shape index (κ1) is 15.1. The monoisotopic (exact) mass is 360 g/mol. The van der Waals surface area contributed by atoms with Crippen LogP contribution in [0.15, 0.2) is 42.5 Å². The van der Waals surface area contributed by atoms with Gasteiger partial charge in [0, 0.05) is 5.92 Å². The molecule has 114 valence electrons. The molecule has 0 saturated heterocycles. The second-order valence-corrected chi connectivity index (χ2v) is 5.61. The minimum Gasteiger partial charge on any atom is -0.482 e. The van der Waals surface area contributed by atoms with Gasteiger partial charge >= 0.3 is 5.97 Å². The van der Waals surface area contributed by atoms with Crippen LogP contribution in [0.2, 0.25) is 0 Å². The van der Waals surface area contributed by atoms with Gasteiger partial charge in [-0.1, -0.05) is 30.3 Å². The fraction of sp³-hybridized carbons (Fsp3) is 0.278. The molecule has 1 atom stereocenters. The second-order valence-electron chi connectivity index (χ2n) is 5.15. The Morgan fingerprint density at radius 1 is 1.14 bits per heavy atom. The van der Waals surface area contributed by atoms with Gasteiger partial charge in [-0.15, -0.1) is 0 Å². The number of benzene rings is 2. The molecule has 3 rings (SSSR count). The highest BCUT2D eigenvalue weighted by Gasteiger charge is 2.30. The van der Waals surface area contributed by atoms with Gasteiger partial charge < -0.3 is 9.47 Å². The molecule has 2 aromatic rings. The molecule has 0 amide bonds. The van der Waals surface area contributed by atoms with Crippen LogP contribution in [-0.2, 0) is 9.53 Å². The first-order valence-corrected chi connectivity index (χ1v) is 8.44. The highest BCUT2D eigenvalue weighted by atomic mass is 79.9. The molecule has 0 bridgehead atoms. The first-order chi connectivity index (χ1) is 10.7. The van der Waals surface area contributed by atoms with E-state index in [1.54, 1.807) is 0 Å². The van der Waals surface area contributed by atoms with Crippen molar-refractivity contribution < 1.29 is 14.3 Å². The van der Waals surface area contributed by atoms with Crippen LogP contribution in [0.4, 0.5) is 0 Å². The molecule has 0 aliphatic heterocycles. The zero-order valence-corrected chi connectivity index (χ0v) is 13.9. The van der Waals surface area contributed by atoms with E-state index in [4.69, 9.17) is 9.47 Å². The normalized spacial score (nSPS) is 15.1. The van der Waals surface area contributed by atoms with Crippen molar-refractivity contribution in [3.8, 4) is 16.9 Å². The van der Waals surface area contributed by atoms with Crippen molar-refractivity contribution in [3.05, 3.63) is 53.6 Å². The number of fused-ring (bicyclic) bond motifs is 3. The molecule has 1 aliphatic carbocycles. The molecule has 1 unspecified atom stereocenters. The van der Waals surface area contributed by atoms with Gasteiger partial charge in [0.1, 0.15) is 11.3 Å². The summed E-state index contributed by atoms with van der Waals surface area (Å²) in [6, 6.07) is 14.3. The first-order valence-electron chi connectivity index (χ1n) is 7.32. The Bertz CT molecular complexity index is 696. The summed E-state index contributed by atoms with van der Waals surface area (Å²) < 4.78 is 10.7. The lowest BCUT2D eigenvalue weighted by Gasteiger charge is -2.13. The Hall–Kier alpha value is -1.81. The lowest BCUT2D eigenvalue weighted by molar-refractivity contribution is -0.143. The standard InChI is InChI=1S/C18H17BrO3/c1-2-21-18(20)10-17-14-6-4-3-5-13(14)15-8-7-12(22-11-19)9-16(15)17/h3-9,17H,2,10-11H2,1H3. The maximum atomic E-state index is 12.0. The Morgan fingerprint density at radius 2 is 1.91 bits per heavy atom. The molecular formula is C18H17BrO3. The zero-order chi connectivity index (χ0) is 15.5. The van der Waals surface area contributed by atoms with Gasteiger partial charge in [-0.05, 0) is 57.2 Å². The van der Waals surface area contributed by atoms with Gasteiger partial charge in [0.2, 0.25) is 0 Å². The van der Waals surface area contributed by atoms with Crippen molar-refractivity contribution in [1.82, 2.24) is 0 Å². The van der Waals surface area contributed by atoms with E-state index in [0.717, 1.165) is 11.3 Å². The number of hydrogen-bond acceptors (Lipinski definition) is 3. The van der Waals surface area contributed by atoms with Gasteiger partial charge in [0.05, 0.1) is 13.0 Å². The van der Waals surface area contributed by atoms with Crippen molar-refractivity contribution in [2.24, 2.45) is 0 Å². The van der Waals surface area contributed by atoms with Crippen molar-refractivity contribution in [2.45, 2.75) is 19.3 Å². The van der Waals surface area contributed by atoms with Crippen molar-refractivity contribution in [3.63, 3.8) is 0 Å². The SMILES string of the molecule is CCOC(=O)CC1c2ccccc2-c2ccc(OCBr)cc21. The lowest BCUT2D eigenvalue weighted by atomic mass is 9.93. The summed E-state index contributed by atoms with van der Waals surface area (Å²) in [4.78, 5) is 12.0. The topological polar surface area (TPSA) is 35.5 Å². The molecule has 0 spiro atoms. The highest BCUT2D eigenvalue weighted by molar-refractivity contribution is 9.09. The number of carbonyl (C=O) groups is 1. The van der Waals surface area contributed by atoms with Crippen LogP contribution >= 0.6 is 15.9 Å². The van der Waals surface area contributed by atoms with Gasteiger partial charge in [-0.25, -0.2) is 0 Å². The van der Waals surface area contributed by atoms with Crippen LogP contribution < -0.4 is 4.74 Å². The molecular weight excluding hydrogens is 344 g/mol. The fourth-order valence-corrected chi connectivity index (χ4v) is 3.31. The van der Waals surface area contributed by atoms with Gasteiger partial charge in [-0.3, -0.25) is 4.79 Å². The molecule has 22 heavy (non-hydrogen) atoms. The Morgan fingerprint density at radius 3 is 2.68 bits per heavy atom. The number of carbonyl (C=O) groups excluding carboxylic acids is 1. The lowest BCUT2D eigenvalue weighted by Crippen LogP contribution is -2.10. The largest absolute Gasteiger partial charge is 0.482 e. The summed E-state index contributed by atoms with van der Waals surface area (Å²) >= 11 is 3.27. The molecule has 2 aromatic carbocycles. The fourth-order valence-electron chi connectivity index (χ4n) is 3.05. The van der Waals surface area contributed by atoms with E-state index in [1.165, 1.54) is 16.7 Å². The summed E-state index contributed by atoms with van der Waals surface area (Å²) in [5.41, 5.74) is 5.12. The maximum Gasteiger partial charge on any atom is 0.306 e. The predicted molar refractivity (Wildman–Crippen MR) is 89.4 cm³/mol. The van der Waals surface area contributed by atoms with Crippen LogP contribution in [0.5, 0.6) is 5.75 Å². The molecule has 0 saturated carbocycles. The molecule has 4 heteroatoms. The molecule has 0 aromatic heterocycles. The van der Waals surface area contributed by atoms with Gasteiger partial charge in [-0.2, -0.15) is 0 Å². The Kier molecular flexibility index (Phi) is 4.48. The average Bonchev–Trinajstić information content (AvgIpc) is 2.82. The van der Waals surface area contributed by atoms with E-state index in [2.05, 4.69) is 34.1 Å². The number of rotatable bonds is 5. The van der Waals surface area contributed by atoms with Gasteiger partial charge in [0.15, 0.2) is 0 Å². The molecule has 1 aliphatic rings. The quantitative estimate of drug-likeness (QED) is 0.582. The minimum atomic E-state index is -0.165. The molecule has 3 nitrogen and oxygen atoms in total. The van der Waals surface area contributed by atoms with Crippen LogP contribution in [0.1, 0.15) is 30.4 Å². The molecule has 0 heterocycles. The number of esters is 1. The van der Waals surface area contributed by atoms with Crippen LogP contribution in [-0.4, -0.2) is 18.1 Å². The third-order valence-corrected chi connectivity index (χ3v) is 4.15. The average molecular weight is 361 g/mol. The van der Waals surface area contributed by atoms with E-state index < -0.39 is 0 Å². The number of ether oxygens (including phenoxy) is 2. The Balaban J connectivity index is 2.02. The predicted octanol–water partition coefficient (Wildman–Crippen LogP) is 4.48. The number of alkyl halides is 1. The molecule has 0 fully saturated rings. The highest BCUT2D eigenvalue weighted by Crippen LogP contribution is 2.47. The minimum absolute atomic E-state index is 0.0316.